The summed E-state index contributed by atoms with van der Waals surface area (Å²) in [7, 11) is 0. The van der Waals surface area contributed by atoms with Crippen LogP contribution in [0.4, 0.5) is 4.79 Å². The van der Waals surface area contributed by atoms with Gasteiger partial charge >= 0.3 is 18.0 Å². The number of aliphatic hydroxyl groups excluding tert-OH is 2. The molecule has 1 heterocycles. The number of ketones is 2. The lowest BCUT2D eigenvalue weighted by Gasteiger charge is -2.24. The molecule has 20 nitrogen and oxygen atoms in total. The molecule has 0 aromatic carbocycles. The van der Waals surface area contributed by atoms with Gasteiger partial charge < -0.3 is 47.4 Å². The van der Waals surface area contributed by atoms with Gasteiger partial charge in [0.15, 0.2) is 0 Å². The highest BCUT2D eigenvalue weighted by Gasteiger charge is 2.36. The SMILES string of the molecule is NC(=O)C[C@@H]1NC(=O)NNC(CC(=O)O)C(=O)N[C@@H](CC(=O)O)C(=O)NC(CO)C(=O)N[C@@H](CO)C(=O)C1=O. The summed E-state index contributed by atoms with van der Waals surface area (Å²) in [6.07, 6.45) is -3.04. The normalized spacial score (nSPS) is 25.7. The minimum Gasteiger partial charge on any atom is -0.481 e. The van der Waals surface area contributed by atoms with E-state index in [1.54, 1.807) is 0 Å². The first-order valence-electron chi connectivity index (χ1n) is 10.9. The zero-order valence-electron chi connectivity index (χ0n) is 20.0. The molecule has 1 rings (SSSR count). The van der Waals surface area contributed by atoms with Crippen molar-refractivity contribution in [3.63, 3.8) is 0 Å². The number of hydrazine groups is 1. The molecule has 0 saturated carbocycles. The van der Waals surface area contributed by atoms with Gasteiger partial charge in [-0.2, -0.15) is 0 Å². The first kappa shape index (κ1) is 32.3. The summed E-state index contributed by atoms with van der Waals surface area (Å²) < 4.78 is 0. The number of carbonyl (C=O) groups excluding carboxylic acids is 7. The second-order valence-electron chi connectivity index (χ2n) is 7.99. The van der Waals surface area contributed by atoms with E-state index in [0.29, 0.717) is 0 Å². The van der Waals surface area contributed by atoms with Crippen LogP contribution in [0.3, 0.4) is 0 Å². The number of aliphatic hydroxyl groups is 2. The summed E-state index contributed by atoms with van der Waals surface area (Å²) >= 11 is 0. The highest BCUT2D eigenvalue weighted by molar-refractivity contribution is 6.41. The third-order valence-corrected chi connectivity index (χ3v) is 4.97. The van der Waals surface area contributed by atoms with Gasteiger partial charge in [-0.25, -0.2) is 10.2 Å². The first-order chi connectivity index (χ1) is 18.2. The Balaban J connectivity index is 3.49. The number of carboxylic acids is 2. The van der Waals surface area contributed by atoms with E-state index in [1.807, 2.05) is 32.1 Å². The number of nitrogens with two attached hydrogens (primary N) is 1. The molecule has 2 unspecified atom stereocenters. The van der Waals surface area contributed by atoms with Gasteiger partial charge in [0.2, 0.25) is 35.2 Å². The van der Waals surface area contributed by atoms with Gasteiger partial charge in [-0.1, -0.05) is 0 Å². The Morgan fingerprint density at radius 3 is 1.56 bits per heavy atom. The molecular formula is C19H27N7O13. The Bertz CT molecular complexity index is 1030. The fourth-order valence-electron chi connectivity index (χ4n) is 3.07. The van der Waals surface area contributed by atoms with Gasteiger partial charge in [0.05, 0.1) is 32.5 Å². The number of Topliss-reactive ketones (excluding diaryl/α,β-unsaturated/α-hetero) is 2. The van der Waals surface area contributed by atoms with Crippen LogP contribution in [0.1, 0.15) is 19.3 Å². The molecule has 1 fully saturated rings. The number of hydrogen-bond acceptors (Lipinski definition) is 12. The van der Waals surface area contributed by atoms with E-state index in [1.165, 1.54) is 0 Å². The molecule has 216 valence electrons. The Labute approximate surface area is 218 Å². The monoisotopic (exact) mass is 561 g/mol. The van der Waals surface area contributed by atoms with Crippen molar-refractivity contribution in [2.24, 2.45) is 5.73 Å². The van der Waals surface area contributed by atoms with Crippen molar-refractivity contribution in [3.05, 3.63) is 0 Å². The van der Waals surface area contributed by atoms with Crippen molar-refractivity contribution in [2.75, 3.05) is 13.2 Å². The summed E-state index contributed by atoms with van der Waals surface area (Å²) in [4.78, 5) is 109. The summed E-state index contributed by atoms with van der Waals surface area (Å²) in [5, 5.41) is 44.9. The minimum atomic E-state index is -1.99. The lowest BCUT2D eigenvalue weighted by atomic mass is 10.00. The van der Waals surface area contributed by atoms with Gasteiger partial charge in [-0.3, -0.25) is 43.8 Å². The number of primary amides is 1. The number of nitrogens with one attached hydrogen (secondary N) is 6. The lowest BCUT2D eigenvalue weighted by molar-refractivity contribution is -0.143. The van der Waals surface area contributed by atoms with E-state index >= 15 is 0 Å². The van der Waals surface area contributed by atoms with Crippen LogP contribution in [-0.4, -0.2) is 117 Å². The Morgan fingerprint density at radius 1 is 0.615 bits per heavy atom. The zero-order valence-corrected chi connectivity index (χ0v) is 20.0. The van der Waals surface area contributed by atoms with Crippen molar-refractivity contribution in [3.8, 4) is 0 Å². The van der Waals surface area contributed by atoms with E-state index < -0.39 is 116 Å². The van der Waals surface area contributed by atoms with Crippen LogP contribution in [0.25, 0.3) is 0 Å². The predicted octanol–water partition coefficient (Wildman–Crippen LogP) is -7.06. The van der Waals surface area contributed by atoms with E-state index in [9.17, 15) is 53.4 Å². The van der Waals surface area contributed by atoms with Crippen molar-refractivity contribution in [1.82, 2.24) is 32.1 Å². The van der Waals surface area contributed by atoms with Crippen LogP contribution >= 0.6 is 0 Å². The first-order valence-corrected chi connectivity index (χ1v) is 10.9. The molecule has 39 heavy (non-hydrogen) atoms. The lowest BCUT2D eigenvalue weighted by Crippen LogP contribution is -2.60. The smallest absolute Gasteiger partial charge is 0.329 e. The van der Waals surface area contributed by atoms with Crippen LogP contribution < -0.4 is 37.9 Å². The highest BCUT2D eigenvalue weighted by Crippen LogP contribution is 2.03. The third-order valence-electron chi connectivity index (χ3n) is 4.97. The van der Waals surface area contributed by atoms with Crippen LogP contribution in [0.2, 0.25) is 0 Å². The molecule has 1 saturated heterocycles. The fraction of sp³-hybridized carbons (Fsp3) is 0.526. The number of rotatable bonds is 8. The van der Waals surface area contributed by atoms with Crippen LogP contribution in [-0.2, 0) is 38.4 Å². The van der Waals surface area contributed by atoms with Gasteiger partial charge in [-0.05, 0) is 0 Å². The van der Waals surface area contributed by atoms with E-state index in [-0.39, 0.29) is 0 Å². The predicted molar refractivity (Wildman–Crippen MR) is 121 cm³/mol. The van der Waals surface area contributed by atoms with Gasteiger partial charge in [0.25, 0.3) is 0 Å². The van der Waals surface area contributed by atoms with Gasteiger partial charge in [0.1, 0.15) is 30.2 Å². The number of hydrogen-bond donors (Lipinski definition) is 11. The van der Waals surface area contributed by atoms with Gasteiger partial charge in [0, 0.05) is 0 Å². The standard InChI is InChI=1S/C19H27N7O13/c20-11(29)1-6-14(34)15(35)9(4-27)22-18(38)10(5-28)23-16(36)7(2-12(30)31)21-17(37)8(3-13(32)33)25-26-19(39)24-6/h6-10,25,27-28H,1-5H2,(H2,20,29)(H,21,37)(H,22,38)(H,23,36)(H,30,31)(H,32,33)(H2,24,26,39)/t6-,7-,8?,9-,10?/m0/s1. The van der Waals surface area contributed by atoms with E-state index in [4.69, 9.17) is 15.9 Å². The number of carbonyl (C=O) groups is 9. The Morgan fingerprint density at radius 2 is 1.05 bits per heavy atom. The second-order valence-corrected chi connectivity index (χ2v) is 7.99. The summed E-state index contributed by atoms with van der Waals surface area (Å²) in [5.74, 6) is -11.4. The maximum atomic E-state index is 12.7. The molecule has 1 aliphatic heterocycles. The molecule has 12 N–H and O–H groups in total. The molecule has 1 aliphatic rings. The maximum absolute atomic E-state index is 12.7. The molecule has 0 bridgehead atoms. The maximum Gasteiger partial charge on any atom is 0.329 e. The minimum absolute atomic E-state index is 0.935. The summed E-state index contributed by atoms with van der Waals surface area (Å²) in [6.45, 7) is -2.33. The molecular weight excluding hydrogens is 534 g/mol. The number of carboxylic acid groups (broad SMARTS) is 2. The molecule has 0 aromatic rings. The van der Waals surface area contributed by atoms with E-state index in [2.05, 4.69) is 0 Å². The topological polar surface area (TPSA) is 333 Å². The van der Waals surface area contributed by atoms with Crippen LogP contribution in [0.5, 0.6) is 0 Å². The molecule has 0 aromatic heterocycles. The van der Waals surface area contributed by atoms with Crippen molar-refractivity contribution in [2.45, 2.75) is 49.5 Å². The molecule has 0 aliphatic carbocycles. The number of urea groups is 1. The molecule has 0 spiro atoms. The quantitative estimate of drug-likeness (QED) is 0.123. The zero-order chi connectivity index (χ0) is 29.9. The largest absolute Gasteiger partial charge is 0.481 e. The van der Waals surface area contributed by atoms with Crippen molar-refractivity contribution < 1.29 is 63.6 Å². The fourth-order valence-corrected chi connectivity index (χ4v) is 3.07. The Hall–Kier alpha value is -4.69. The van der Waals surface area contributed by atoms with Gasteiger partial charge in [-0.15, -0.1) is 0 Å². The highest BCUT2D eigenvalue weighted by atomic mass is 16.4. The molecule has 0 radical (unpaired) electrons. The summed E-state index contributed by atoms with van der Waals surface area (Å²) in [6, 6.07) is -11.0. The number of aliphatic carboxylic acids is 2. The van der Waals surface area contributed by atoms with Crippen LogP contribution in [0.15, 0.2) is 0 Å². The Kier molecular flexibility index (Phi) is 12.4. The molecule has 6 amide bonds. The third kappa shape index (κ3) is 10.3. The van der Waals surface area contributed by atoms with E-state index in [0.717, 1.165) is 0 Å². The van der Waals surface area contributed by atoms with Crippen molar-refractivity contribution >= 4 is 53.2 Å². The molecule has 5 atom stereocenters. The number of amides is 6. The summed E-state index contributed by atoms with van der Waals surface area (Å²) in [5.41, 5.74) is 8.83. The average Bonchev–Trinajstić information content (AvgIpc) is 2.84. The average molecular weight is 561 g/mol. The second kappa shape index (κ2) is 14.9. The van der Waals surface area contributed by atoms with Crippen molar-refractivity contribution in [1.29, 1.82) is 0 Å². The van der Waals surface area contributed by atoms with Crippen LogP contribution in [0, 0.1) is 0 Å². The molecule has 20 heteroatoms.